The molecule has 3 aliphatic heterocycles. The van der Waals surface area contributed by atoms with Crippen molar-refractivity contribution in [1.82, 2.24) is 30.2 Å². The molecule has 270 valence electrons. The molecule has 0 bridgehead atoms. The van der Waals surface area contributed by atoms with Gasteiger partial charge in [0.1, 0.15) is 17.7 Å². The maximum absolute atomic E-state index is 13.5. The summed E-state index contributed by atoms with van der Waals surface area (Å²) >= 11 is 0. The van der Waals surface area contributed by atoms with Crippen molar-refractivity contribution in [2.75, 3.05) is 18.6 Å². The van der Waals surface area contributed by atoms with Gasteiger partial charge in [-0.05, 0) is 52.6 Å². The van der Waals surface area contributed by atoms with Crippen molar-refractivity contribution in [1.29, 1.82) is 0 Å². The van der Waals surface area contributed by atoms with E-state index in [1.165, 1.54) is 7.11 Å². The fourth-order valence-corrected chi connectivity index (χ4v) is 7.90. The fourth-order valence-electron chi connectivity index (χ4n) is 7.90. The summed E-state index contributed by atoms with van der Waals surface area (Å²) in [7, 11) is 1.29. The lowest BCUT2D eigenvalue weighted by Crippen LogP contribution is -2.51. The molecule has 0 saturated carbocycles. The highest BCUT2D eigenvalue weighted by atomic mass is 16.5. The summed E-state index contributed by atoms with van der Waals surface area (Å²) in [5, 5.41) is 2.69. The largest absolute Gasteiger partial charge is 0.453 e. The number of carbonyl (C=O) groups is 4. The monoisotopic (exact) mass is 711 g/mol. The molecule has 8 rings (SSSR count). The minimum absolute atomic E-state index is 0.0116. The highest BCUT2D eigenvalue weighted by molar-refractivity contribution is 6.11. The van der Waals surface area contributed by atoms with Crippen molar-refractivity contribution in [3.63, 3.8) is 0 Å². The van der Waals surface area contributed by atoms with Crippen LogP contribution < -0.4 is 10.2 Å². The van der Waals surface area contributed by atoms with Crippen molar-refractivity contribution in [2.24, 2.45) is 5.92 Å². The van der Waals surface area contributed by atoms with Gasteiger partial charge in [0.25, 0.3) is 0 Å². The second-order valence-electron chi connectivity index (χ2n) is 14.3. The van der Waals surface area contributed by atoms with Crippen LogP contribution in [0.1, 0.15) is 79.2 Å². The predicted molar refractivity (Wildman–Crippen MR) is 199 cm³/mol. The molecule has 0 spiro atoms. The van der Waals surface area contributed by atoms with Crippen LogP contribution in [0.4, 0.5) is 10.5 Å². The van der Waals surface area contributed by atoms with E-state index in [1.54, 1.807) is 17.3 Å². The normalized spacial score (nSPS) is 18.6. The number of imidazole rings is 2. The Hall–Kier alpha value is -6.04. The number of hydrogen-bond acceptors (Lipinski definition) is 7. The fraction of sp³-hybridized carbons (Fsp3) is 0.317. The number of aromatic nitrogens is 4. The number of benzene rings is 3. The summed E-state index contributed by atoms with van der Waals surface area (Å²) in [6, 6.07) is 21.0. The third-order valence-corrected chi connectivity index (χ3v) is 10.7. The molecular weight excluding hydrogens is 670 g/mol. The average Bonchev–Trinajstić information content (AvgIpc) is 4.00. The number of ether oxygens (including phenoxy) is 1. The first kappa shape index (κ1) is 34.1. The Morgan fingerprint density at radius 2 is 1.43 bits per heavy atom. The quantitative estimate of drug-likeness (QED) is 0.160. The van der Waals surface area contributed by atoms with E-state index in [0.717, 1.165) is 63.6 Å². The van der Waals surface area contributed by atoms with Gasteiger partial charge < -0.3 is 29.8 Å². The molecule has 3 N–H and O–H groups in total. The number of hydrogen-bond donors (Lipinski definition) is 3. The average molecular weight is 712 g/mol. The van der Waals surface area contributed by atoms with Gasteiger partial charge in [-0.25, -0.2) is 14.8 Å². The molecule has 1 saturated heterocycles. The van der Waals surface area contributed by atoms with E-state index < -0.39 is 12.1 Å². The van der Waals surface area contributed by atoms with Gasteiger partial charge in [-0.15, -0.1) is 0 Å². The second kappa shape index (κ2) is 13.8. The molecule has 12 nitrogen and oxygen atoms in total. The van der Waals surface area contributed by atoms with Crippen LogP contribution >= 0.6 is 0 Å². The smallest absolute Gasteiger partial charge is 0.407 e. The molecule has 1 fully saturated rings. The zero-order chi connectivity index (χ0) is 36.8. The summed E-state index contributed by atoms with van der Waals surface area (Å²) < 4.78 is 4.75. The number of Topliss-reactive ketones (excluding diaryl/α,β-unsaturated/α-hetero) is 1. The number of H-pyrrole nitrogens is 2. The standard InChI is InChI=1S/C41H41N7O5/c1-23(2)36(46-41(52)53-3)40(51)47-19-5-8-32(47)38-42-21-30(44-38)26-13-9-24(10-14-26)25-11-15-27(16-12-25)31-22-43-39(45-31)33-20-28-6-4-7-29-34(49)17-18-35(50)48(33)37(28)29/h4,6-7,9-16,21-23,32-33,36H,5,8,17-20H2,1-3H3,(H,42,44)(H,43,45)(H,46,52)/t32-,33-,36-/m0/s1. The Morgan fingerprint density at radius 1 is 0.830 bits per heavy atom. The topological polar surface area (TPSA) is 153 Å². The van der Waals surface area contributed by atoms with Gasteiger partial charge in [0.05, 0.1) is 48.7 Å². The van der Waals surface area contributed by atoms with Crippen molar-refractivity contribution in [2.45, 2.75) is 64.1 Å². The van der Waals surface area contributed by atoms with E-state index in [9.17, 15) is 19.2 Å². The van der Waals surface area contributed by atoms with Gasteiger partial charge in [-0.1, -0.05) is 74.5 Å². The van der Waals surface area contributed by atoms with E-state index in [1.807, 2.05) is 36.9 Å². The van der Waals surface area contributed by atoms with Crippen LogP contribution in [0.25, 0.3) is 33.6 Å². The Morgan fingerprint density at radius 3 is 2.04 bits per heavy atom. The number of ketones is 1. The number of nitrogens with zero attached hydrogens (tertiary/aromatic N) is 4. The molecule has 3 aliphatic rings. The molecule has 3 amide bonds. The number of amides is 3. The number of carbonyl (C=O) groups excluding carboxylic acids is 4. The lowest BCUT2D eigenvalue weighted by atomic mass is 10.0. The maximum Gasteiger partial charge on any atom is 0.407 e. The predicted octanol–water partition coefficient (Wildman–Crippen LogP) is 6.78. The Balaban J connectivity index is 0.949. The molecule has 53 heavy (non-hydrogen) atoms. The zero-order valence-corrected chi connectivity index (χ0v) is 29.9. The molecule has 12 heteroatoms. The number of alkyl carbamates (subject to hydrolysis) is 1. The molecule has 0 radical (unpaired) electrons. The van der Waals surface area contributed by atoms with Gasteiger partial charge in [0, 0.05) is 31.4 Å². The van der Waals surface area contributed by atoms with Gasteiger partial charge in [-0.2, -0.15) is 0 Å². The molecule has 3 atom stereocenters. The van der Waals surface area contributed by atoms with Crippen LogP contribution in [-0.4, -0.2) is 68.2 Å². The molecule has 5 aromatic rings. The minimum atomic E-state index is -0.685. The number of rotatable bonds is 8. The zero-order valence-electron chi connectivity index (χ0n) is 29.9. The highest BCUT2D eigenvalue weighted by Gasteiger charge is 2.41. The van der Waals surface area contributed by atoms with E-state index in [4.69, 9.17) is 9.72 Å². The number of methoxy groups -OCH3 is 1. The van der Waals surface area contributed by atoms with Crippen LogP contribution in [0.3, 0.4) is 0 Å². The molecule has 5 heterocycles. The molecule has 0 unspecified atom stereocenters. The summed E-state index contributed by atoms with van der Waals surface area (Å²) in [5.74, 6) is 1.15. The lowest BCUT2D eigenvalue weighted by Gasteiger charge is -2.30. The van der Waals surface area contributed by atoms with Crippen LogP contribution in [0.5, 0.6) is 0 Å². The van der Waals surface area contributed by atoms with E-state index in [-0.39, 0.29) is 48.4 Å². The van der Waals surface area contributed by atoms with E-state index in [0.29, 0.717) is 24.4 Å². The molecular formula is C41H41N7O5. The lowest BCUT2D eigenvalue weighted by molar-refractivity contribution is -0.135. The van der Waals surface area contributed by atoms with Gasteiger partial charge in [-0.3, -0.25) is 14.4 Å². The van der Waals surface area contributed by atoms with Gasteiger partial charge in [0.2, 0.25) is 11.8 Å². The molecule has 2 aromatic heterocycles. The Labute approximate surface area is 307 Å². The first-order valence-corrected chi connectivity index (χ1v) is 18.1. The van der Waals surface area contributed by atoms with Gasteiger partial charge >= 0.3 is 6.09 Å². The summed E-state index contributed by atoms with van der Waals surface area (Å²) in [5.41, 5.74) is 8.15. The van der Waals surface area contributed by atoms with E-state index >= 15 is 0 Å². The SMILES string of the molecule is COC(=O)N[C@H](C(=O)N1CCC[C@H]1c1ncc(-c2ccc(-c3ccc(-c4cnc([C@@H]5Cc6cccc7c6N5C(=O)CCC7=O)[nH]4)cc3)cc2)[nH]1)C(C)C. The van der Waals surface area contributed by atoms with Gasteiger partial charge in [0.15, 0.2) is 5.78 Å². The minimum Gasteiger partial charge on any atom is -0.453 e. The number of likely N-dealkylation sites (tertiary alicyclic amines) is 1. The highest BCUT2D eigenvalue weighted by Crippen LogP contribution is 2.44. The van der Waals surface area contributed by atoms with Crippen molar-refractivity contribution < 1.29 is 23.9 Å². The first-order valence-electron chi connectivity index (χ1n) is 18.1. The third-order valence-electron chi connectivity index (χ3n) is 10.7. The Bertz CT molecular complexity index is 2200. The summed E-state index contributed by atoms with van der Waals surface area (Å²) in [4.78, 5) is 71.2. The van der Waals surface area contributed by atoms with Crippen LogP contribution in [0, 0.1) is 5.92 Å². The first-order chi connectivity index (χ1) is 25.7. The number of para-hydroxylation sites is 1. The molecule has 0 aliphatic carbocycles. The van der Waals surface area contributed by atoms with Crippen LogP contribution in [0.15, 0.2) is 79.1 Å². The van der Waals surface area contributed by atoms with Crippen molar-refractivity contribution in [3.05, 3.63) is 102 Å². The van der Waals surface area contributed by atoms with Crippen LogP contribution in [-0.2, 0) is 20.7 Å². The van der Waals surface area contributed by atoms with E-state index in [2.05, 4.69) is 68.8 Å². The number of aromatic amines is 2. The third kappa shape index (κ3) is 6.28. The van der Waals surface area contributed by atoms with Crippen LogP contribution in [0.2, 0.25) is 0 Å². The summed E-state index contributed by atoms with van der Waals surface area (Å²) in [6.45, 7) is 4.40. The molecule has 3 aromatic carbocycles. The number of nitrogens with one attached hydrogen (secondary N) is 3. The summed E-state index contributed by atoms with van der Waals surface area (Å²) in [6.07, 6.45) is 5.65. The number of anilines is 1. The second-order valence-corrected chi connectivity index (χ2v) is 14.3. The van der Waals surface area contributed by atoms with Crippen molar-refractivity contribution in [3.8, 4) is 33.6 Å². The maximum atomic E-state index is 13.5. The Kier molecular flexibility index (Phi) is 8.89. The van der Waals surface area contributed by atoms with Crippen molar-refractivity contribution >= 4 is 29.4 Å².